The maximum Gasteiger partial charge on any atom is 0.234 e. The van der Waals surface area contributed by atoms with Crippen LogP contribution in [-0.2, 0) is 9.59 Å². The first-order chi connectivity index (χ1) is 15.0. The average molecular weight is 446 g/mol. The van der Waals surface area contributed by atoms with Crippen molar-refractivity contribution in [1.29, 1.82) is 0 Å². The minimum absolute atomic E-state index is 0.0923. The molecule has 0 bridgehead atoms. The second-order valence-corrected chi connectivity index (χ2v) is 8.23. The van der Waals surface area contributed by atoms with Gasteiger partial charge in [-0.15, -0.1) is 11.8 Å². The summed E-state index contributed by atoms with van der Waals surface area (Å²) in [4.78, 5) is 24.9. The summed E-state index contributed by atoms with van der Waals surface area (Å²) in [6.45, 7) is 2.96. The van der Waals surface area contributed by atoms with Crippen molar-refractivity contribution >= 4 is 35.0 Å². The number of hydrogen-bond donors (Lipinski definition) is 4. The summed E-state index contributed by atoms with van der Waals surface area (Å²) in [6, 6.07) is 13.2. The molecule has 164 valence electrons. The van der Waals surface area contributed by atoms with Gasteiger partial charge in [0.2, 0.25) is 11.8 Å². The Bertz CT molecular complexity index is 928. The lowest BCUT2D eigenvalue weighted by atomic mass is 10.1. The van der Waals surface area contributed by atoms with Crippen molar-refractivity contribution in [3.05, 3.63) is 54.3 Å². The van der Waals surface area contributed by atoms with Crippen molar-refractivity contribution in [2.24, 2.45) is 5.92 Å². The van der Waals surface area contributed by atoms with Gasteiger partial charge in [0, 0.05) is 12.2 Å². The number of anilines is 2. The fourth-order valence-corrected chi connectivity index (χ4v) is 4.37. The van der Waals surface area contributed by atoms with E-state index in [0.29, 0.717) is 18.8 Å². The van der Waals surface area contributed by atoms with Crippen LogP contribution in [0, 0.1) is 11.7 Å². The van der Waals surface area contributed by atoms with Gasteiger partial charge in [-0.3, -0.25) is 19.9 Å². The van der Waals surface area contributed by atoms with Crippen molar-refractivity contribution in [3.63, 3.8) is 0 Å². The highest BCUT2D eigenvalue weighted by atomic mass is 32.2. The van der Waals surface area contributed by atoms with E-state index in [1.807, 2.05) is 11.9 Å². The second kappa shape index (κ2) is 9.54. The molecule has 0 aliphatic carbocycles. The van der Waals surface area contributed by atoms with Crippen LogP contribution in [0.2, 0.25) is 0 Å². The molecule has 0 saturated carbocycles. The van der Waals surface area contributed by atoms with E-state index in [-0.39, 0.29) is 35.5 Å². The Hall–Kier alpha value is -2.82. The van der Waals surface area contributed by atoms with E-state index in [9.17, 15) is 14.0 Å². The molecule has 2 aromatic carbocycles. The molecule has 2 fully saturated rings. The van der Waals surface area contributed by atoms with Crippen LogP contribution in [0.15, 0.2) is 48.5 Å². The SMILES string of the molecule is CCOc1ccc(NC(=O)CSC2NC(=O)C3CNN(c4ccc(F)cc4)C3N2)cc1. The first-order valence-corrected chi connectivity index (χ1v) is 11.1. The molecule has 2 amide bonds. The van der Waals surface area contributed by atoms with Crippen molar-refractivity contribution in [2.75, 3.05) is 29.2 Å². The van der Waals surface area contributed by atoms with Gasteiger partial charge in [-0.2, -0.15) is 0 Å². The smallest absolute Gasteiger partial charge is 0.234 e. The van der Waals surface area contributed by atoms with Crippen LogP contribution < -0.4 is 31.1 Å². The highest BCUT2D eigenvalue weighted by Gasteiger charge is 2.44. The van der Waals surface area contributed by atoms with E-state index in [1.54, 1.807) is 36.4 Å². The Morgan fingerprint density at radius 1 is 1.23 bits per heavy atom. The third-order valence-corrected chi connectivity index (χ3v) is 6.02. The maximum absolute atomic E-state index is 13.3. The Balaban J connectivity index is 1.32. The van der Waals surface area contributed by atoms with E-state index in [2.05, 4.69) is 21.4 Å². The predicted molar refractivity (Wildman–Crippen MR) is 118 cm³/mol. The highest BCUT2D eigenvalue weighted by Crippen LogP contribution is 2.27. The number of hydrogen-bond acceptors (Lipinski definition) is 7. The maximum atomic E-state index is 13.3. The summed E-state index contributed by atoms with van der Waals surface area (Å²) in [7, 11) is 0. The molecule has 2 saturated heterocycles. The van der Waals surface area contributed by atoms with E-state index in [1.165, 1.54) is 23.9 Å². The summed E-state index contributed by atoms with van der Waals surface area (Å²) in [5.74, 6) is 0.0272. The number of nitrogens with zero attached hydrogens (tertiary/aromatic N) is 1. The minimum atomic E-state index is -0.428. The van der Waals surface area contributed by atoms with E-state index >= 15 is 0 Å². The van der Waals surface area contributed by atoms with E-state index < -0.39 is 5.50 Å². The highest BCUT2D eigenvalue weighted by molar-refractivity contribution is 8.00. The van der Waals surface area contributed by atoms with Crippen molar-refractivity contribution in [2.45, 2.75) is 18.6 Å². The fraction of sp³-hybridized carbons (Fsp3) is 0.333. The molecule has 4 rings (SSSR count). The molecular formula is C21H24FN5O3S. The molecule has 3 unspecified atom stereocenters. The summed E-state index contributed by atoms with van der Waals surface area (Å²) in [6.07, 6.45) is -0.300. The van der Waals surface area contributed by atoms with Gasteiger partial charge in [0.05, 0.1) is 24.0 Å². The second-order valence-electron chi connectivity index (χ2n) is 7.13. The lowest BCUT2D eigenvalue weighted by Crippen LogP contribution is -2.63. The monoisotopic (exact) mass is 445 g/mol. The van der Waals surface area contributed by atoms with Gasteiger partial charge in [-0.1, -0.05) is 0 Å². The van der Waals surface area contributed by atoms with Gasteiger partial charge >= 0.3 is 0 Å². The van der Waals surface area contributed by atoms with Crippen molar-refractivity contribution in [3.8, 4) is 5.75 Å². The van der Waals surface area contributed by atoms with Gasteiger partial charge in [-0.05, 0) is 55.5 Å². The van der Waals surface area contributed by atoms with Crippen molar-refractivity contribution in [1.82, 2.24) is 16.1 Å². The number of carbonyl (C=O) groups excluding carboxylic acids is 2. The Morgan fingerprint density at radius 2 is 1.97 bits per heavy atom. The molecule has 3 atom stereocenters. The van der Waals surface area contributed by atoms with E-state index in [0.717, 1.165) is 11.4 Å². The number of amides is 2. The molecule has 2 aromatic rings. The topological polar surface area (TPSA) is 94.7 Å². The first-order valence-electron chi connectivity index (χ1n) is 10.0. The Morgan fingerprint density at radius 3 is 2.68 bits per heavy atom. The molecule has 31 heavy (non-hydrogen) atoms. The van der Waals surface area contributed by atoms with E-state index in [4.69, 9.17) is 4.74 Å². The van der Waals surface area contributed by atoms with Crippen LogP contribution >= 0.6 is 11.8 Å². The Kier molecular flexibility index (Phi) is 6.59. The zero-order valence-electron chi connectivity index (χ0n) is 16.9. The van der Waals surface area contributed by atoms with Gasteiger partial charge in [0.15, 0.2) is 0 Å². The van der Waals surface area contributed by atoms with Crippen LogP contribution in [0.25, 0.3) is 0 Å². The quantitative estimate of drug-likeness (QED) is 0.517. The molecular weight excluding hydrogens is 421 g/mol. The first kappa shape index (κ1) is 21.4. The zero-order valence-corrected chi connectivity index (χ0v) is 17.7. The zero-order chi connectivity index (χ0) is 21.8. The number of carbonyl (C=O) groups is 2. The number of fused-ring (bicyclic) bond motifs is 1. The number of thioether (sulfide) groups is 1. The molecule has 2 aliphatic heterocycles. The lowest BCUT2D eigenvalue weighted by Gasteiger charge is -2.37. The van der Waals surface area contributed by atoms with Crippen LogP contribution in [0.1, 0.15) is 6.92 Å². The summed E-state index contributed by atoms with van der Waals surface area (Å²) >= 11 is 1.29. The largest absolute Gasteiger partial charge is 0.494 e. The molecule has 2 aliphatic rings. The number of halogens is 1. The summed E-state index contributed by atoms with van der Waals surface area (Å²) in [5.41, 5.74) is 4.19. The lowest BCUT2D eigenvalue weighted by molar-refractivity contribution is -0.127. The summed E-state index contributed by atoms with van der Waals surface area (Å²) in [5, 5.41) is 10.9. The van der Waals surface area contributed by atoms with Gasteiger partial charge in [0.1, 0.15) is 23.2 Å². The molecule has 0 aromatic heterocycles. The van der Waals surface area contributed by atoms with Crippen LogP contribution in [0.3, 0.4) is 0 Å². The number of benzene rings is 2. The van der Waals surface area contributed by atoms with Gasteiger partial charge < -0.3 is 15.4 Å². The number of rotatable bonds is 7. The number of ether oxygens (including phenoxy) is 1. The normalized spacial score (nSPS) is 22.6. The molecule has 0 radical (unpaired) electrons. The number of nitrogens with one attached hydrogen (secondary N) is 4. The fourth-order valence-electron chi connectivity index (χ4n) is 3.55. The van der Waals surface area contributed by atoms with Gasteiger partial charge in [0.25, 0.3) is 0 Å². The number of hydrazine groups is 1. The minimum Gasteiger partial charge on any atom is -0.494 e. The van der Waals surface area contributed by atoms with Crippen LogP contribution in [-0.4, -0.2) is 42.4 Å². The molecule has 0 spiro atoms. The third kappa shape index (κ3) is 5.09. The third-order valence-electron chi connectivity index (χ3n) is 5.01. The van der Waals surface area contributed by atoms with Gasteiger partial charge in [-0.25, -0.2) is 9.82 Å². The molecule has 4 N–H and O–H groups in total. The van der Waals surface area contributed by atoms with Crippen LogP contribution in [0.4, 0.5) is 15.8 Å². The van der Waals surface area contributed by atoms with Crippen LogP contribution in [0.5, 0.6) is 5.75 Å². The standard InChI is InChI=1S/C21H24FN5O3S/c1-2-30-16-9-5-14(6-10-16)24-18(28)12-31-21-25-19-17(20(29)26-21)11-23-27(19)15-7-3-13(22)4-8-15/h3-10,17,19,21,23,25H,2,11-12H2,1H3,(H,24,28)(H,26,29). The molecule has 10 heteroatoms. The molecule has 2 heterocycles. The molecule has 8 nitrogen and oxygen atoms in total. The van der Waals surface area contributed by atoms with Crippen molar-refractivity contribution < 1.29 is 18.7 Å². The predicted octanol–water partition coefficient (Wildman–Crippen LogP) is 1.87. The summed E-state index contributed by atoms with van der Waals surface area (Å²) < 4.78 is 18.6. The average Bonchev–Trinajstić information content (AvgIpc) is 3.19. The Labute approximate surface area is 183 Å².